The number of hydrogen-bond acceptors (Lipinski definition) is 4. The number of likely N-dealkylation sites (tertiary alicyclic amines) is 1. The van der Waals surface area contributed by atoms with Gasteiger partial charge >= 0.3 is 0 Å². The first-order chi connectivity index (χ1) is 13.1. The van der Waals surface area contributed by atoms with Gasteiger partial charge in [0.15, 0.2) is 0 Å². The summed E-state index contributed by atoms with van der Waals surface area (Å²) in [4.78, 5) is 39.1. The Kier molecular flexibility index (Phi) is 6.24. The molecule has 0 spiro atoms. The van der Waals surface area contributed by atoms with E-state index in [0.717, 1.165) is 0 Å². The maximum atomic E-state index is 12.7. The van der Waals surface area contributed by atoms with Gasteiger partial charge in [0.05, 0.1) is 4.88 Å². The van der Waals surface area contributed by atoms with Crippen molar-refractivity contribution in [3.05, 3.63) is 52.2 Å². The second-order valence-electron chi connectivity index (χ2n) is 6.47. The van der Waals surface area contributed by atoms with Crippen molar-refractivity contribution in [3.8, 4) is 0 Å². The summed E-state index contributed by atoms with van der Waals surface area (Å²) in [5, 5.41) is 7.52. The van der Waals surface area contributed by atoms with Gasteiger partial charge in [-0.05, 0) is 55.5 Å². The third-order valence-electron chi connectivity index (χ3n) is 4.64. The second-order valence-corrected chi connectivity index (χ2v) is 7.42. The Hall–Kier alpha value is -2.67. The SMILES string of the molecule is CCNC(=O)C1CCN(C(=O)c2ccc(NC(=O)c3cccs3)cc2)CC1. The zero-order valence-electron chi connectivity index (χ0n) is 15.2. The van der Waals surface area contributed by atoms with E-state index in [0.29, 0.717) is 48.6 Å². The molecule has 0 bridgehead atoms. The van der Waals surface area contributed by atoms with Crippen molar-refractivity contribution >= 4 is 34.7 Å². The van der Waals surface area contributed by atoms with E-state index < -0.39 is 0 Å². The number of piperidine rings is 1. The molecule has 2 aromatic rings. The molecular formula is C20H23N3O3S. The lowest BCUT2D eigenvalue weighted by Crippen LogP contribution is -2.43. The Labute approximate surface area is 162 Å². The molecule has 3 amide bonds. The number of nitrogens with one attached hydrogen (secondary N) is 2. The summed E-state index contributed by atoms with van der Waals surface area (Å²) in [6.07, 6.45) is 1.37. The molecule has 1 aromatic heterocycles. The number of hydrogen-bond donors (Lipinski definition) is 2. The maximum absolute atomic E-state index is 12.7. The van der Waals surface area contributed by atoms with Crippen LogP contribution in [0.25, 0.3) is 0 Å². The monoisotopic (exact) mass is 385 g/mol. The van der Waals surface area contributed by atoms with Crippen molar-refractivity contribution in [3.63, 3.8) is 0 Å². The van der Waals surface area contributed by atoms with Crippen molar-refractivity contribution in [1.82, 2.24) is 10.2 Å². The van der Waals surface area contributed by atoms with Gasteiger partial charge in [-0.15, -0.1) is 11.3 Å². The van der Waals surface area contributed by atoms with Crippen molar-refractivity contribution in [2.24, 2.45) is 5.92 Å². The smallest absolute Gasteiger partial charge is 0.265 e. The van der Waals surface area contributed by atoms with E-state index in [1.165, 1.54) is 11.3 Å². The summed E-state index contributed by atoms with van der Waals surface area (Å²) in [5.41, 5.74) is 1.24. The molecule has 1 aromatic carbocycles. The Bertz CT molecular complexity index is 794. The fourth-order valence-electron chi connectivity index (χ4n) is 3.14. The minimum atomic E-state index is -0.156. The highest BCUT2D eigenvalue weighted by molar-refractivity contribution is 7.12. The topological polar surface area (TPSA) is 78.5 Å². The molecule has 27 heavy (non-hydrogen) atoms. The highest BCUT2D eigenvalue weighted by Gasteiger charge is 2.27. The fourth-order valence-corrected chi connectivity index (χ4v) is 3.76. The highest BCUT2D eigenvalue weighted by atomic mass is 32.1. The van der Waals surface area contributed by atoms with Crippen LogP contribution < -0.4 is 10.6 Å². The number of benzene rings is 1. The standard InChI is InChI=1S/C20H23N3O3S/c1-2-21-18(24)14-9-11-23(12-10-14)20(26)15-5-7-16(8-6-15)22-19(25)17-4-3-13-27-17/h3-8,13-14H,2,9-12H2,1H3,(H,21,24)(H,22,25). The molecule has 1 aliphatic rings. The summed E-state index contributed by atoms with van der Waals surface area (Å²) in [7, 11) is 0. The van der Waals surface area contributed by atoms with E-state index >= 15 is 0 Å². The van der Waals surface area contributed by atoms with Crippen LogP contribution in [0, 0.1) is 5.92 Å². The first-order valence-electron chi connectivity index (χ1n) is 9.10. The molecule has 2 N–H and O–H groups in total. The predicted molar refractivity (Wildman–Crippen MR) is 106 cm³/mol. The lowest BCUT2D eigenvalue weighted by Gasteiger charge is -2.31. The van der Waals surface area contributed by atoms with E-state index in [-0.39, 0.29) is 23.6 Å². The first kappa shape index (κ1) is 19.1. The van der Waals surface area contributed by atoms with E-state index in [2.05, 4.69) is 10.6 Å². The average Bonchev–Trinajstić information content (AvgIpc) is 3.23. The predicted octanol–water partition coefficient (Wildman–Crippen LogP) is 2.99. The first-order valence-corrected chi connectivity index (χ1v) is 9.98. The van der Waals surface area contributed by atoms with Gasteiger partial charge in [0, 0.05) is 36.8 Å². The molecule has 1 aliphatic heterocycles. The van der Waals surface area contributed by atoms with E-state index in [1.54, 1.807) is 35.2 Å². The van der Waals surface area contributed by atoms with Crippen LogP contribution in [0.2, 0.25) is 0 Å². The van der Waals surface area contributed by atoms with Gasteiger partial charge in [-0.1, -0.05) is 6.07 Å². The number of thiophene rings is 1. The van der Waals surface area contributed by atoms with Crippen LogP contribution in [0.3, 0.4) is 0 Å². The zero-order chi connectivity index (χ0) is 19.2. The quantitative estimate of drug-likeness (QED) is 0.830. The Morgan fingerprint density at radius 3 is 2.41 bits per heavy atom. The molecule has 1 saturated heterocycles. The van der Waals surface area contributed by atoms with Crippen molar-refractivity contribution < 1.29 is 14.4 Å². The van der Waals surface area contributed by atoms with Gasteiger partial charge in [0.1, 0.15) is 0 Å². The molecule has 142 valence electrons. The van der Waals surface area contributed by atoms with Crippen molar-refractivity contribution in [2.45, 2.75) is 19.8 Å². The molecular weight excluding hydrogens is 362 g/mol. The minimum absolute atomic E-state index is 0.0103. The van der Waals surface area contributed by atoms with Crippen LogP contribution in [0.1, 0.15) is 39.8 Å². The Balaban J connectivity index is 1.55. The summed E-state index contributed by atoms with van der Waals surface area (Å²) in [6, 6.07) is 10.5. The third-order valence-corrected chi connectivity index (χ3v) is 5.51. The van der Waals surface area contributed by atoms with Crippen LogP contribution >= 0.6 is 11.3 Å². The number of carbonyl (C=O) groups is 3. The summed E-state index contributed by atoms with van der Waals surface area (Å²) >= 11 is 1.38. The van der Waals surface area contributed by atoms with Crippen LogP contribution in [0.15, 0.2) is 41.8 Å². The molecule has 0 unspecified atom stereocenters. The van der Waals surface area contributed by atoms with Gasteiger partial charge in [-0.25, -0.2) is 0 Å². The van der Waals surface area contributed by atoms with Crippen LogP contribution in [-0.4, -0.2) is 42.3 Å². The molecule has 0 aliphatic carbocycles. The Morgan fingerprint density at radius 1 is 1.11 bits per heavy atom. The van der Waals surface area contributed by atoms with Gasteiger partial charge in [0.25, 0.3) is 11.8 Å². The molecule has 2 heterocycles. The van der Waals surface area contributed by atoms with Crippen LogP contribution in [-0.2, 0) is 4.79 Å². The summed E-state index contributed by atoms with van der Waals surface area (Å²) in [6.45, 7) is 3.70. The highest BCUT2D eigenvalue weighted by Crippen LogP contribution is 2.20. The maximum Gasteiger partial charge on any atom is 0.265 e. The zero-order valence-corrected chi connectivity index (χ0v) is 16.1. The van der Waals surface area contributed by atoms with Gasteiger partial charge in [-0.2, -0.15) is 0 Å². The molecule has 7 heteroatoms. The van der Waals surface area contributed by atoms with E-state index in [4.69, 9.17) is 0 Å². The number of amides is 3. The molecule has 3 rings (SSSR count). The number of anilines is 1. The Morgan fingerprint density at radius 2 is 1.81 bits per heavy atom. The minimum Gasteiger partial charge on any atom is -0.356 e. The lowest BCUT2D eigenvalue weighted by atomic mass is 9.95. The fraction of sp³-hybridized carbons (Fsp3) is 0.350. The molecule has 1 fully saturated rings. The molecule has 6 nitrogen and oxygen atoms in total. The molecule has 0 atom stereocenters. The van der Waals surface area contributed by atoms with Gasteiger partial charge in [-0.3, -0.25) is 14.4 Å². The molecule has 0 radical (unpaired) electrons. The van der Waals surface area contributed by atoms with Gasteiger partial charge in [0.2, 0.25) is 5.91 Å². The lowest BCUT2D eigenvalue weighted by molar-refractivity contribution is -0.126. The number of carbonyl (C=O) groups excluding carboxylic acids is 3. The van der Waals surface area contributed by atoms with Crippen molar-refractivity contribution in [2.75, 3.05) is 25.0 Å². The van der Waals surface area contributed by atoms with Gasteiger partial charge < -0.3 is 15.5 Å². The molecule has 0 saturated carbocycles. The third kappa shape index (κ3) is 4.74. The number of rotatable bonds is 5. The largest absolute Gasteiger partial charge is 0.356 e. The van der Waals surface area contributed by atoms with E-state index in [9.17, 15) is 14.4 Å². The summed E-state index contributed by atoms with van der Waals surface area (Å²) in [5.74, 6) is -0.128. The normalized spacial score (nSPS) is 14.6. The van der Waals surface area contributed by atoms with Crippen LogP contribution in [0.5, 0.6) is 0 Å². The van der Waals surface area contributed by atoms with Crippen molar-refractivity contribution in [1.29, 1.82) is 0 Å². The van der Waals surface area contributed by atoms with Crippen LogP contribution in [0.4, 0.5) is 5.69 Å². The average molecular weight is 385 g/mol. The van der Waals surface area contributed by atoms with E-state index in [1.807, 2.05) is 18.4 Å². The summed E-state index contributed by atoms with van der Waals surface area (Å²) < 4.78 is 0. The number of nitrogens with zero attached hydrogens (tertiary/aromatic N) is 1. The second kappa shape index (κ2) is 8.81.